The number of amides is 1. The van der Waals surface area contributed by atoms with E-state index in [2.05, 4.69) is 10.3 Å². The fraction of sp³-hybridized carbons (Fsp3) is 0.158. The highest BCUT2D eigenvalue weighted by Gasteiger charge is 2.17. The normalized spacial score (nSPS) is 15.8. The van der Waals surface area contributed by atoms with E-state index in [1.54, 1.807) is 18.2 Å². The van der Waals surface area contributed by atoms with Gasteiger partial charge in [0.25, 0.3) is 0 Å². The number of nitrogens with zero attached hydrogens (tertiary/aromatic N) is 1. The lowest BCUT2D eigenvalue weighted by molar-refractivity contribution is 0.0225. The van der Waals surface area contributed by atoms with Gasteiger partial charge >= 0.3 is 6.09 Å². The Hall–Kier alpha value is -2.90. The van der Waals surface area contributed by atoms with Gasteiger partial charge in [0.15, 0.2) is 0 Å². The molecule has 6 nitrogen and oxygen atoms in total. The largest absolute Gasteiger partial charge is 0.461 e. The molecule has 7 heteroatoms. The molecule has 1 atom stereocenters. The molecule has 132 valence electrons. The lowest BCUT2D eigenvalue weighted by atomic mass is 10.0. The van der Waals surface area contributed by atoms with Gasteiger partial charge in [-0.1, -0.05) is 12.1 Å². The first-order valence-corrected chi connectivity index (χ1v) is 8.86. The Morgan fingerprint density at radius 3 is 3.04 bits per heavy atom. The van der Waals surface area contributed by atoms with Crippen LogP contribution in [0.5, 0.6) is 5.75 Å². The zero-order valence-corrected chi connectivity index (χ0v) is 14.7. The Morgan fingerprint density at radius 1 is 1.35 bits per heavy atom. The van der Waals surface area contributed by atoms with E-state index < -0.39 is 12.4 Å². The number of ether oxygens (including phenoxy) is 2. The second-order valence-corrected chi connectivity index (χ2v) is 6.96. The van der Waals surface area contributed by atoms with E-state index >= 15 is 0 Å². The molecule has 1 amide bonds. The van der Waals surface area contributed by atoms with Crippen LogP contribution < -0.4 is 10.1 Å². The van der Waals surface area contributed by atoms with Gasteiger partial charge in [0.1, 0.15) is 17.4 Å². The fourth-order valence-corrected chi connectivity index (χ4v) is 3.63. The molecule has 1 aromatic heterocycles. The van der Waals surface area contributed by atoms with Crippen molar-refractivity contribution in [3.05, 3.63) is 59.1 Å². The maximum Gasteiger partial charge on any atom is 0.412 e. The topological polar surface area (TPSA) is 80.7 Å². The van der Waals surface area contributed by atoms with Crippen molar-refractivity contribution in [3.8, 4) is 5.75 Å². The molecule has 1 aliphatic rings. The standard InChI is InChI=1S/C19H16N2O4S/c1-11-8-18(22)25-15-9-12(6-7-13(11)15)20-19(23)24-10-17-21-14-4-2-3-5-16(14)26-17/h2-9,18,22H,10H2,1H3,(H,20,23). The molecule has 0 bridgehead atoms. The summed E-state index contributed by atoms with van der Waals surface area (Å²) >= 11 is 1.49. The summed E-state index contributed by atoms with van der Waals surface area (Å²) < 4.78 is 11.7. The van der Waals surface area contributed by atoms with Crippen molar-refractivity contribution in [2.24, 2.45) is 0 Å². The third-order valence-electron chi connectivity index (χ3n) is 3.96. The highest BCUT2D eigenvalue weighted by Crippen LogP contribution is 2.33. The van der Waals surface area contributed by atoms with Crippen molar-refractivity contribution in [3.63, 3.8) is 0 Å². The Kier molecular flexibility index (Phi) is 4.32. The SMILES string of the molecule is CC1=CC(O)Oc2cc(NC(=O)OCc3nc4ccccc4s3)ccc21. The Bertz CT molecular complexity index is 979. The quantitative estimate of drug-likeness (QED) is 0.726. The highest BCUT2D eigenvalue weighted by atomic mass is 32.1. The Morgan fingerprint density at radius 2 is 2.19 bits per heavy atom. The summed E-state index contributed by atoms with van der Waals surface area (Å²) in [6.45, 7) is 2.00. The van der Waals surface area contributed by atoms with Gasteiger partial charge in [0.2, 0.25) is 6.29 Å². The number of para-hydroxylation sites is 1. The van der Waals surface area contributed by atoms with Crippen LogP contribution in [0.15, 0.2) is 48.5 Å². The fourth-order valence-electron chi connectivity index (χ4n) is 2.75. The van der Waals surface area contributed by atoms with Gasteiger partial charge in [0, 0.05) is 17.3 Å². The molecule has 0 fully saturated rings. The Balaban J connectivity index is 1.40. The van der Waals surface area contributed by atoms with Crippen LogP contribution in [0.4, 0.5) is 10.5 Å². The van der Waals surface area contributed by atoms with Gasteiger partial charge in [0.05, 0.1) is 10.2 Å². The summed E-state index contributed by atoms with van der Waals surface area (Å²) in [5.41, 5.74) is 3.22. The highest BCUT2D eigenvalue weighted by molar-refractivity contribution is 7.18. The van der Waals surface area contributed by atoms with Crippen molar-refractivity contribution in [2.45, 2.75) is 19.8 Å². The molecule has 0 aliphatic carbocycles. The summed E-state index contributed by atoms with van der Waals surface area (Å²) in [6, 6.07) is 13.0. The molecule has 0 radical (unpaired) electrons. The number of fused-ring (bicyclic) bond motifs is 2. The predicted octanol–water partition coefficient (Wildman–Crippen LogP) is 4.16. The zero-order valence-electron chi connectivity index (χ0n) is 13.9. The summed E-state index contributed by atoms with van der Waals surface area (Å²) in [6.07, 6.45) is 0.0680. The zero-order chi connectivity index (χ0) is 18.1. The predicted molar refractivity (Wildman–Crippen MR) is 100 cm³/mol. The molecule has 3 aromatic rings. The number of carbonyl (C=O) groups excluding carboxylic acids is 1. The Labute approximate surface area is 153 Å². The summed E-state index contributed by atoms with van der Waals surface area (Å²) in [5.74, 6) is 0.515. The second kappa shape index (κ2) is 6.78. The van der Waals surface area contributed by atoms with Crippen LogP contribution >= 0.6 is 11.3 Å². The van der Waals surface area contributed by atoms with Gasteiger partial charge in [-0.25, -0.2) is 9.78 Å². The molecule has 1 unspecified atom stereocenters. The minimum absolute atomic E-state index is 0.104. The molecule has 2 N–H and O–H groups in total. The summed E-state index contributed by atoms with van der Waals surface area (Å²) in [7, 11) is 0. The molecule has 1 aliphatic heterocycles. The number of allylic oxidation sites excluding steroid dienone is 1. The second-order valence-electron chi connectivity index (χ2n) is 5.85. The molecule has 2 heterocycles. The molecular formula is C19H16N2O4S. The molecular weight excluding hydrogens is 352 g/mol. The third-order valence-corrected chi connectivity index (χ3v) is 4.97. The van der Waals surface area contributed by atoms with Gasteiger partial charge in [-0.05, 0) is 42.8 Å². The van der Waals surface area contributed by atoms with Crippen LogP contribution in [0.2, 0.25) is 0 Å². The molecule has 0 saturated heterocycles. The number of aromatic nitrogens is 1. The van der Waals surface area contributed by atoms with Crippen LogP contribution in [0.1, 0.15) is 17.5 Å². The summed E-state index contributed by atoms with van der Waals surface area (Å²) in [5, 5.41) is 13.0. The molecule has 0 spiro atoms. The van der Waals surface area contributed by atoms with Crippen molar-refractivity contribution in [1.82, 2.24) is 4.98 Å². The number of anilines is 1. The first-order chi connectivity index (χ1) is 12.6. The average molecular weight is 368 g/mol. The van der Waals surface area contributed by atoms with Gasteiger partial charge in [-0.3, -0.25) is 5.32 Å². The maximum atomic E-state index is 12.0. The first-order valence-electron chi connectivity index (χ1n) is 8.04. The van der Waals surface area contributed by atoms with Crippen LogP contribution in [0.3, 0.4) is 0 Å². The maximum absolute atomic E-state index is 12.0. The van der Waals surface area contributed by atoms with Crippen LogP contribution in [0, 0.1) is 0 Å². The number of carbonyl (C=O) groups is 1. The van der Waals surface area contributed by atoms with Crippen LogP contribution in [-0.4, -0.2) is 22.5 Å². The number of hydrogen-bond acceptors (Lipinski definition) is 6. The van der Waals surface area contributed by atoms with E-state index in [0.717, 1.165) is 26.4 Å². The molecule has 26 heavy (non-hydrogen) atoms. The smallest absolute Gasteiger partial charge is 0.412 e. The minimum Gasteiger partial charge on any atom is -0.461 e. The first kappa shape index (κ1) is 16.6. The number of hydrogen-bond donors (Lipinski definition) is 2. The summed E-state index contributed by atoms with van der Waals surface area (Å²) in [4.78, 5) is 16.5. The van der Waals surface area contributed by atoms with Gasteiger partial charge < -0.3 is 14.6 Å². The number of rotatable bonds is 3. The van der Waals surface area contributed by atoms with Gasteiger partial charge in [-0.2, -0.15) is 0 Å². The van der Waals surface area contributed by atoms with Crippen molar-refractivity contribution in [2.75, 3.05) is 5.32 Å². The van der Waals surface area contributed by atoms with E-state index in [1.165, 1.54) is 11.3 Å². The number of benzene rings is 2. The number of nitrogens with one attached hydrogen (secondary N) is 1. The minimum atomic E-state index is -0.983. The molecule has 2 aromatic carbocycles. The molecule has 0 saturated carbocycles. The van der Waals surface area contributed by atoms with E-state index in [-0.39, 0.29) is 6.61 Å². The number of aliphatic hydroxyl groups excluding tert-OH is 1. The van der Waals surface area contributed by atoms with E-state index in [4.69, 9.17) is 9.47 Å². The lowest BCUT2D eigenvalue weighted by Crippen LogP contribution is -2.18. The number of aliphatic hydroxyl groups is 1. The van der Waals surface area contributed by atoms with E-state index in [1.807, 2.05) is 37.3 Å². The van der Waals surface area contributed by atoms with Crippen molar-refractivity contribution < 1.29 is 19.4 Å². The van der Waals surface area contributed by atoms with Crippen molar-refractivity contribution in [1.29, 1.82) is 0 Å². The van der Waals surface area contributed by atoms with Crippen LogP contribution in [0.25, 0.3) is 15.8 Å². The van der Waals surface area contributed by atoms with Crippen LogP contribution in [-0.2, 0) is 11.3 Å². The lowest BCUT2D eigenvalue weighted by Gasteiger charge is -2.21. The van der Waals surface area contributed by atoms with Crippen molar-refractivity contribution >= 4 is 38.9 Å². The average Bonchev–Trinajstić information content (AvgIpc) is 3.02. The number of thiazole rings is 1. The third kappa shape index (κ3) is 3.40. The van der Waals surface area contributed by atoms with E-state index in [0.29, 0.717) is 11.4 Å². The molecule has 4 rings (SSSR count). The van der Waals surface area contributed by atoms with E-state index in [9.17, 15) is 9.90 Å². The monoisotopic (exact) mass is 368 g/mol. The van der Waals surface area contributed by atoms with Gasteiger partial charge in [-0.15, -0.1) is 11.3 Å².